The third-order valence-electron chi connectivity index (χ3n) is 3.38. The molecule has 0 saturated heterocycles. The summed E-state index contributed by atoms with van der Waals surface area (Å²) in [6.45, 7) is 2.20. The third-order valence-corrected chi connectivity index (χ3v) is 3.87. The van der Waals surface area contributed by atoms with E-state index in [-0.39, 0.29) is 5.91 Å². The van der Waals surface area contributed by atoms with Crippen molar-refractivity contribution in [2.45, 2.75) is 19.6 Å². The lowest BCUT2D eigenvalue weighted by Gasteiger charge is -2.33. The van der Waals surface area contributed by atoms with Crippen LogP contribution in [-0.4, -0.2) is 12.0 Å². The third kappa shape index (κ3) is 2.85. The van der Waals surface area contributed by atoms with Crippen molar-refractivity contribution in [3.05, 3.63) is 58.1 Å². The fourth-order valence-corrected chi connectivity index (χ4v) is 2.61. The number of amides is 1. The first-order chi connectivity index (χ1) is 10.0. The Morgan fingerprint density at radius 1 is 1.10 bits per heavy atom. The van der Waals surface area contributed by atoms with Gasteiger partial charge in [0.25, 0.3) is 5.91 Å². The molecule has 0 spiro atoms. The zero-order chi connectivity index (χ0) is 15.0. The first-order valence-electron chi connectivity index (χ1n) is 6.56. The summed E-state index contributed by atoms with van der Waals surface area (Å²) in [5, 5.41) is 1.24. The van der Waals surface area contributed by atoms with Crippen LogP contribution >= 0.6 is 23.2 Å². The van der Waals surface area contributed by atoms with Crippen LogP contribution in [0, 0.1) is 0 Å². The molecule has 0 aliphatic carbocycles. The number of halogens is 2. The molecule has 0 fully saturated rings. The second kappa shape index (κ2) is 5.58. The second-order valence-corrected chi connectivity index (χ2v) is 5.80. The molecule has 1 atom stereocenters. The Balaban J connectivity index is 1.98. The smallest absolute Gasteiger partial charge is 0.268 e. The molecule has 1 aliphatic rings. The van der Waals surface area contributed by atoms with Gasteiger partial charge in [0, 0.05) is 10.0 Å². The van der Waals surface area contributed by atoms with Crippen LogP contribution in [0.5, 0.6) is 5.75 Å². The predicted octanol–water partition coefficient (Wildman–Crippen LogP) is 4.31. The molecule has 5 heteroatoms. The number of rotatable bonds is 2. The highest BCUT2D eigenvalue weighted by molar-refractivity contribution is 6.31. The predicted molar refractivity (Wildman–Crippen MR) is 84.2 cm³/mol. The van der Waals surface area contributed by atoms with Gasteiger partial charge < -0.3 is 9.64 Å². The number of benzene rings is 2. The topological polar surface area (TPSA) is 29.5 Å². The van der Waals surface area contributed by atoms with E-state index in [1.165, 1.54) is 0 Å². The lowest BCUT2D eigenvalue weighted by atomic mass is 10.1. The summed E-state index contributed by atoms with van der Waals surface area (Å²) in [7, 11) is 0. The summed E-state index contributed by atoms with van der Waals surface area (Å²) in [5.41, 5.74) is 1.69. The minimum absolute atomic E-state index is 0.0836. The molecule has 1 unspecified atom stereocenters. The number of hydrogen-bond donors (Lipinski definition) is 0. The Hall–Kier alpha value is -1.71. The molecule has 3 nitrogen and oxygen atoms in total. The van der Waals surface area contributed by atoms with Gasteiger partial charge in [0.15, 0.2) is 6.10 Å². The Bertz CT molecular complexity index is 685. The average Bonchev–Trinajstić information content (AvgIpc) is 2.47. The quantitative estimate of drug-likeness (QED) is 0.825. The second-order valence-electron chi connectivity index (χ2n) is 4.92. The Labute approximate surface area is 133 Å². The van der Waals surface area contributed by atoms with E-state index in [1.807, 2.05) is 24.3 Å². The first kappa shape index (κ1) is 14.2. The molecule has 2 aromatic rings. The van der Waals surface area contributed by atoms with E-state index >= 15 is 0 Å². The highest BCUT2D eigenvalue weighted by Gasteiger charge is 2.31. The van der Waals surface area contributed by atoms with E-state index in [1.54, 1.807) is 30.0 Å². The van der Waals surface area contributed by atoms with Crippen LogP contribution in [0.2, 0.25) is 10.0 Å². The lowest BCUT2D eigenvalue weighted by molar-refractivity contribution is -0.125. The molecule has 0 aromatic heterocycles. The van der Waals surface area contributed by atoms with Gasteiger partial charge in [0.1, 0.15) is 5.75 Å². The van der Waals surface area contributed by atoms with Crippen molar-refractivity contribution in [1.29, 1.82) is 0 Å². The van der Waals surface area contributed by atoms with Crippen molar-refractivity contribution < 1.29 is 9.53 Å². The normalized spacial score (nSPS) is 17.4. The van der Waals surface area contributed by atoms with Gasteiger partial charge in [-0.05, 0) is 42.8 Å². The lowest BCUT2D eigenvalue weighted by Crippen LogP contribution is -2.43. The minimum atomic E-state index is -0.508. The number of carbonyl (C=O) groups is 1. The van der Waals surface area contributed by atoms with Gasteiger partial charge in [0.05, 0.1) is 12.2 Å². The number of hydrogen-bond acceptors (Lipinski definition) is 2. The molecule has 21 heavy (non-hydrogen) atoms. The van der Waals surface area contributed by atoms with Crippen LogP contribution in [-0.2, 0) is 11.3 Å². The van der Waals surface area contributed by atoms with E-state index in [0.717, 1.165) is 5.56 Å². The van der Waals surface area contributed by atoms with Gasteiger partial charge in [-0.2, -0.15) is 0 Å². The summed E-state index contributed by atoms with van der Waals surface area (Å²) >= 11 is 11.9. The fraction of sp³-hybridized carbons (Fsp3) is 0.188. The molecule has 0 N–H and O–H groups in total. The van der Waals surface area contributed by atoms with Crippen molar-refractivity contribution >= 4 is 34.8 Å². The van der Waals surface area contributed by atoms with Gasteiger partial charge in [-0.25, -0.2) is 0 Å². The molecule has 108 valence electrons. The highest BCUT2D eigenvalue weighted by Crippen LogP contribution is 2.37. The van der Waals surface area contributed by atoms with Crippen molar-refractivity contribution in [3.8, 4) is 5.75 Å². The summed E-state index contributed by atoms with van der Waals surface area (Å²) in [4.78, 5) is 14.1. The van der Waals surface area contributed by atoms with Crippen LogP contribution in [0.25, 0.3) is 0 Å². The zero-order valence-electron chi connectivity index (χ0n) is 11.3. The maximum absolute atomic E-state index is 12.4. The largest absolute Gasteiger partial charge is 0.479 e. The standard InChI is InChI=1S/C16H13Cl2NO2/c1-10-16(20)19(9-11-2-4-12(17)5-3-11)14-8-13(18)6-7-15(14)21-10/h2-8,10H,9H2,1H3. The number of nitrogens with zero attached hydrogens (tertiary/aromatic N) is 1. The van der Waals surface area contributed by atoms with Crippen molar-refractivity contribution in [1.82, 2.24) is 0 Å². The van der Waals surface area contributed by atoms with E-state index in [4.69, 9.17) is 27.9 Å². The van der Waals surface area contributed by atoms with Gasteiger partial charge in [-0.3, -0.25) is 4.79 Å². The fourth-order valence-electron chi connectivity index (χ4n) is 2.32. The van der Waals surface area contributed by atoms with Crippen molar-refractivity contribution in [2.75, 3.05) is 4.90 Å². The van der Waals surface area contributed by atoms with Crippen LogP contribution in [0.15, 0.2) is 42.5 Å². The van der Waals surface area contributed by atoms with E-state index in [9.17, 15) is 4.79 Å². The van der Waals surface area contributed by atoms with E-state index in [2.05, 4.69) is 0 Å². The maximum Gasteiger partial charge on any atom is 0.268 e. The molecule has 0 saturated carbocycles. The summed E-state index contributed by atoms with van der Waals surface area (Å²) < 4.78 is 5.62. The van der Waals surface area contributed by atoms with E-state index < -0.39 is 6.10 Å². The monoisotopic (exact) mass is 321 g/mol. The SMILES string of the molecule is CC1Oc2ccc(Cl)cc2N(Cc2ccc(Cl)cc2)C1=O. The maximum atomic E-state index is 12.4. The van der Waals surface area contributed by atoms with Gasteiger partial charge >= 0.3 is 0 Å². The van der Waals surface area contributed by atoms with Crippen LogP contribution < -0.4 is 9.64 Å². The van der Waals surface area contributed by atoms with Crippen LogP contribution in [0.3, 0.4) is 0 Å². The molecule has 1 amide bonds. The van der Waals surface area contributed by atoms with Crippen molar-refractivity contribution in [2.24, 2.45) is 0 Å². The minimum Gasteiger partial charge on any atom is -0.479 e. The van der Waals surface area contributed by atoms with Crippen molar-refractivity contribution in [3.63, 3.8) is 0 Å². The molecular formula is C16H13Cl2NO2. The highest BCUT2D eigenvalue weighted by atomic mass is 35.5. The van der Waals surface area contributed by atoms with Gasteiger partial charge in [-0.1, -0.05) is 35.3 Å². The van der Waals surface area contributed by atoms with Crippen LogP contribution in [0.1, 0.15) is 12.5 Å². The zero-order valence-corrected chi connectivity index (χ0v) is 12.9. The molecule has 1 heterocycles. The number of fused-ring (bicyclic) bond motifs is 1. The molecule has 2 aromatic carbocycles. The summed E-state index contributed by atoms with van der Waals surface area (Å²) in [6.07, 6.45) is -0.508. The molecule has 1 aliphatic heterocycles. The summed E-state index contributed by atoms with van der Waals surface area (Å²) in [6, 6.07) is 12.7. The molecular weight excluding hydrogens is 309 g/mol. The summed E-state index contributed by atoms with van der Waals surface area (Å²) in [5.74, 6) is 0.584. The average molecular weight is 322 g/mol. The number of ether oxygens (including phenoxy) is 1. The Morgan fingerprint density at radius 3 is 2.48 bits per heavy atom. The molecule has 0 bridgehead atoms. The van der Waals surface area contributed by atoms with E-state index in [0.29, 0.717) is 28.0 Å². The van der Waals surface area contributed by atoms with Gasteiger partial charge in [0.2, 0.25) is 0 Å². The van der Waals surface area contributed by atoms with Gasteiger partial charge in [-0.15, -0.1) is 0 Å². The number of anilines is 1. The molecule has 0 radical (unpaired) electrons. The Kier molecular flexibility index (Phi) is 3.79. The Morgan fingerprint density at radius 2 is 1.76 bits per heavy atom. The van der Waals surface area contributed by atoms with Crippen LogP contribution in [0.4, 0.5) is 5.69 Å². The number of carbonyl (C=O) groups excluding carboxylic acids is 1. The first-order valence-corrected chi connectivity index (χ1v) is 7.32. The molecule has 3 rings (SSSR count).